The van der Waals surface area contributed by atoms with Crippen LogP contribution < -0.4 is 5.73 Å². The van der Waals surface area contributed by atoms with E-state index in [1.165, 1.54) is 0 Å². The van der Waals surface area contributed by atoms with Crippen LogP contribution in [-0.2, 0) is 17.8 Å². The van der Waals surface area contributed by atoms with Gasteiger partial charge in [0.1, 0.15) is 0 Å². The number of halogens is 2. The topological polar surface area (TPSA) is 46.3 Å². The molecule has 0 aliphatic rings. The number of nitrogens with zero attached hydrogens (tertiary/aromatic N) is 1. The van der Waals surface area contributed by atoms with Gasteiger partial charge in [0, 0.05) is 11.9 Å². The van der Waals surface area contributed by atoms with Crippen molar-refractivity contribution in [3.63, 3.8) is 0 Å². The molecule has 0 radical (unpaired) electrons. The van der Waals surface area contributed by atoms with Crippen molar-refractivity contribution in [1.82, 2.24) is 4.90 Å². The van der Waals surface area contributed by atoms with E-state index in [0.29, 0.717) is 13.0 Å². The molecule has 3 nitrogen and oxygen atoms in total. The lowest BCUT2D eigenvalue weighted by Crippen LogP contribution is -2.42. The minimum atomic E-state index is -0.495. The predicted molar refractivity (Wildman–Crippen MR) is 93.9 cm³/mol. The SMILES string of the molecule is CN(Cc1ccc(Br)s1)C(=O)C(N)Cc1ccccc1.Cl. The Morgan fingerprint density at radius 1 is 1.29 bits per heavy atom. The molecule has 1 unspecified atom stereocenters. The maximum atomic E-state index is 12.3. The van der Waals surface area contributed by atoms with Gasteiger partial charge in [0.05, 0.1) is 16.4 Å². The van der Waals surface area contributed by atoms with Crippen molar-refractivity contribution in [2.45, 2.75) is 19.0 Å². The first kappa shape index (κ1) is 18.2. The van der Waals surface area contributed by atoms with Crippen LogP contribution in [0.1, 0.15) is 10.4 Å². The number of nitrogens with two attached hydrogens (primary N) is 1. The first-order chi connectivity index (χ1) is 9.56. The number of hydrogen-bond acceptors (Lipinski definition) is 3. The van der Waals surface area contributed by atoms with Crippen LogP contribution in [0.4, 0.5) is 0 Å². The van der Waals surface area contributed by atoms with Crippen LogP contribution in [0.3, 0.4) is 0 Å². The highest BCUT2D eigenvalue weighted by molar-refractivity contribution is 9.11. The summed E-state index contributed by atoms with van der Waals surface area (Å²) in [6.45, 7) is 0.595. The van der Waals surface area contributed by atoms with Crippen LogP contribution in [0.5, 0.6) is 0 Å². The zero-order valence-corrected chi connectivity index (χ0v) is 14.9. The fraction of sp³-hybridized carbons (Fsp3) is 0.267. The number of thiophene rings is 1. The van der Waals surface area contributed by atoms with Crippen LogP contribution in [0, 0.1) is 0 Å². The summed E-state index contributed by atoms with van der Waals surface area (Å²) in [5.41, 5.74) is 7.10. The van der Waals surface area contributed by atoms with E-state index in [1.54, 1.807) is 23.3 Å². The summed E-state index contributed by atoms with van der Waals surface area (Å²) >= 11 is 5.05. The van der Waals surface area contributed by atoms with Crippen LogP contribution in [-0.4, -0.2) is 23.9 Å². The molecular weight excluding hydrogens is 372 g/mol. The lowest BCUT2D eigenvalue weighted by molar-refractivity contribution is -0.131. The van der Waals surface area contributed by atoms with E-state index in [-0.39, 0.29) is 18.3 Å². The molecule has 0 fully saturated rings. The van der Waals surface area contributed by atoms with Gasteiger partial charge in [-0.15, -0.1) is 23.7 Å². The van der Waals surface area contributed by atoms with Crippen LogP contribution >= 0.6 is 39.7 Å². The van der Waals surface area contributed by atoms with E-state index in [9.17, 15) is 4.79 Å². The Hall–Kier alpha value is -0.880. The summed E-state index contributed by atoms with van der Waals surface area (Å²) in [5.74, 6) is -0.0293. The number of likely N-dealkylation sites (N-methyl/N-ethyl adjacent to an activating group) is 1. The molecule has 2 aromatic rings. The molecule has 1 amide bonds. The molecular formula is C15H18BrClN2OS. The molecule has 1 aromatic carbocycles. The first-order valence-corrected chi connectivity index (χ1v) is 7.96. The molecule has 0 aliphatic carbocycles. The minimum absolute atomic E-state index is 0. The van der Waals surface area contributed by atoms with Crippen LogP contribution in [0.15, 0.2) is 46.3 Å². The van der Waals surface area contributed by atoms with Crippen molar-refractivity contribution in [2.24, 2.45) is 5.73 Å². The second kappa shape index (κ2) is 8.54. The summed E-state index contributed by atoms with van der Waals surface area (Å²) in [6.07, 6.45) is 0.568. The molecule has 0 saturated heterocycles. The van der Waals surface area contributed by atoms with Gasteiger partial charge >= 0.3 is 0 Å². The van der Waals surface area contributed by atoms with Gasteiger partial charge in [0.15, 0.2) is 0 Å². The van der Waals surface area contributed by atoms with E-state index in [4.69, 9.17) is 5.73 Å². The third-order valence-electron chi connectivity index (χ3n) is 3.01. The average molecular weight is 390 g/mol. The van der Waals surface area contributed by atoms with Crippen molar-refractivity contribution in [2.75, 3.05) is 7.05 Å². The summed E-state index contributed by atoms with van der Waals surface area (Å²) in [6, 6.07) is 13.4. The lowest BCUT2D eigenvalue weighted by atomic mass is 10.1. The Balaban J connectivity index is 0.00000220. The zero-order chi connectivity index (χ0) is 14.5. The highest BCUT2D eigenvalue weighted by atomic mass is 79.9. The summed E-state index contributed by atoms with van der Waals surface area (Å²) in [7, 11) is 1.79. The second-order valence-electron chi connectivity index (χ2n) is 4.70. The van der Waals surface area contributed by atoms with E-state index >= 15 is 0 Å². The summed E-state index contributed by atoms with van der Waals surface area (Å²) < 4.78 is 1.07. The van der Waals surface area contributed by atoms with Crippen molar-refractivity contribution in [1.29, 1.82) is 0 Å². The van der Waals surface area contributed by atoms with Gasteiger partial charge < -0.3 is 10.6 Å². The molecule has 21 heavy (non-hydrogen) atoms. The maximum absolute atomic E-state index is 12.3. The molecule has 0 saturated carbocycles. The fourth-order valence-corrected chi connectivity index (χ4v) is 3.52. The van der Waals surface area contributed by atoms with Crippen molar-refractivity contribution in [3.8, 4) is 0 Å². The molecule has 6 heteroatoms. The van der Waals surface area contributed by atoms with Crippen molar-refractivity contribution < 1.29 is 4.79 Å². The molecule has 0 bridgehead atoms. The largest absolute Gasteiger partial charge is 0.339 e. The number of amides is 1. The van der Waals surface area contributed by atoms with Gasteiger partial charge in [-0.05, 0) is 40.0 Å². The van der Waals surface area contributed by atoms with Gasteiger partial charge in [-0.3, -0.25) is 4.79 Å². The zero-order valence-electron chi connectivity index (χ0n) is 11.7. The standard InChI is InChI=1S/C15H17BrN2OS.ClH/c1-18(10-12-7-8-14(16)20-12)15(19)13(17)9-11-5-3-2-4-6-11;/h2-8,13H,9-10,17H2,1H3;1H. The van der Waals surface area contributed by atoms with Gasteiger partial charge in [-0.2, -0.15) is 0 Å². The highest BCUT2D eigenvalue weighted by Crippen LogP contribution is 2.23. The molecule has 2 rings (SSSR count). The predicted octanol–water partition coefficient (Wildman–Crippen LogP) is 3.46. The normalized spacial score (nSPS) is 11.6. The lowest BCUT2D eigenvalue weighted by Gasteiger charge is -2.20. The number of carbonyl (C=O) groups excluding carboxylic acids is 1. The third-order valence-corrected chi connectivity index (χ3v) is 4.62. The Morgan fingerprint density at radius 3 is 2.52 bits per heavy atom. The molecule has 0 aliphatic heterocycles. The van der Waals surface area contributed by atoms with E-state index in [1.807, 2.05) is 42.5 Å². The summed E-state index contributed by atoms with van der Waals surface area (Å²) in [5, 5.41) is 0. The third kappa shape index (κ3) is 5.43. The van der Waals surface area contributed by atoms with Gasteiger partial charge in [-0.25, -0.2) is 0 Å². The van der Waals surface area contributed by atoms with Gasteiger partial charge in [0.2, 0.25) is 5.91 Å². The first-order valence-electron chi connectivity index (χ1n) is 6.35. The number of hydrogen-bond donors (Lipinski definition) is 1. The van der Waals surface area contributed by atoms with E-state index in [0.717, 1.165) is 14.2 Å². The Bertz CT molecular complexity index is 576. The fourth-order valence-electron chi connectivity index (χ4n) is 1.99. The Labute approximate surface area is 143 Å². The van der Waals surface area contributed by atoms with Crippen molar-refractivity contribution in [3.05, 3.63) is 56.7 Å². The van der Waals surface area contributed by atoms with E-state index < -0.39 is 6.04 Å². The molecule has 1 heterocycles. The monoisotopic (exact) mass is 388 g/mol. The smallest absolute Gasteiger partial charge is 0.239 e. The number of carbonyl (C=O) groups is 1. The van der Waals surface area contributed by atoms with Crippen LogP contribution in [0.25, 0.3) is 0 Å². The van der Waals surface area contributed by atoms with Crippen LogP contribution in [0.2, 0.25) is 0 Å². The van der Waals surface area contributed by atoms with Gasteiger partial charge in [0.25, 0.3) is 0 Å². The Morgan fingerprint density at radius 2 is 1.95 bits per heavy atom. The quantitative estimate of drug-likeness (QED) is 0.851. The minimum Gasteiger partial charge on any atom is -0.339 e. The molecule has 2 N–H and O–H groups in total. The highest BCUT2D eigenvalue weighted by Gasteiger charge is 2.18. The number of benzene rings is 1. The van der Waals surface area contributed by atoms with Gasteiger partial charge in [-0.1, -0.05) is 30.3 Å². The molecule has 114 valence electrons. The average Bonchev–Trinajstić information content (AvgIpc) is 2.84. The van der Waals surface area contributed by atoms with E-state index in [2.05, 4.69) is 15.9 Å². The molecule has 0 spiro atoms. The second-order valence-corrected chi connectivity index (χ2v) is 7.24. The summed E-state index contributed by atoms with van der Waals surface area (Å²) in [4.78, 5) is 15.1. The molecule has 1 aromatic heterocycles. The Kier molecular flexibility index (Phi) is 7.39. The number of rotatable bonds is 5. The van der Waals surface area contributed by atoms with Crippen molar-refractivity contribution >= 4 is 45.6 Å². The maximum Gasteiger partial charge on any atom is 0.239 e. The molecule has 1 atom stereocenters.